The molecule has 2 rings (SSSR count). The van der Waals surface area contributed by atoms with Crippen LogP contribution >= 0.6 is 11.8 Å². The molecule has 0 aliphatic carbocycles. The number of aromatic nitrogens is 3. The van der Waals surface area contributed by atoms with Crippen LogP contribution in [0.5, 0.6) is 0 Å². The highest BCUT2D eigenvalue weighted by Crippen LogP contribution is 2.22. The van der Waals surface area contributed by atoms with Gasteiger partial charge in [-0.3, -0.25) is 0 Å². The second kappa shape index (κ2) is 4.96. The predicted molar refractivity (Wildman–Crippen MR) is 59.8 cm³/mol. The predicted octanol–water partition coefficient (Wildman–Crippen LogP) is 1.76. The van der Waals surface area contributed by atoms with Crippen LogP contribution in [0, 0.1) is 6.92 Å². The number of nitrogens with zero attached hydrogens (tertiary/aromatic N) is 3. The number of hydrogen-bond donors (Lipinski definition) is 1. The highest BCUT2D eigenvalue weighted by atomic mass is 32.2. The number of rotatable bonds is 4. The van der Waals surface area contributed by atoms with Crippen LogP contribution in [0.4, 0.5) is 0 Å². The van der Waals surface area contributed by atoms with Crippen LogP contribution in [0.3, 0.4) is 0 Å². The first kappa shape index (κ1) is 11.6. The molecule has 0 amide bonds. The van der Waals surface area contributed by atoms with E-state index in [0.717, 1.165) is 4.90 Å². The maximum absolute atomic E-state index is 10.7. The Morgan fingerprint density at radius 1 is 1.53 bits per heavy atom. The molecule has 1 N–H and O–H groups in total. The molecule has 0 unspecified atom stereocenters. The number of carbonyl (C=O) groups is 1. The maximum atomic E-state index is 10.7. The molecule has 2 aromatic rings. The highest BCUT2D eigenvalue weighted by molar-refractivity contribution is 7.98. The zero-order chi connectivity index (χ0) is 12.3. The van der Waals surface area contributed by atoms with Crippen molar-refractivity contribution in [3.8, 4) is 0 Å². The zero-order valence-electron chi connectivity index (χ0n) is 8.95. The molecule has 6 nitrogen and oxygen atoms in total. The van der Waals surface area contributed by atoms with Gasteiger partial charge in [0.25, 0.3) is 0 Å². The van der Waals surface area contributed by atoms with Crippen molar-refractivity contribution in [1.29, 1.82) is 0 Å². The van der Waals surface area contributed by atoms with E-state index in [1.165, 1.54) is 24.0 Å². The van der Waals surface area contributed by atoms with Crippen molar-refractivity contribution < 1.29 is 14.3 Å². The molecule has 0 atom stereocenters. The fraction of sp³-hybridized carbons (Fsp3) is 0.200. The molecule has 17 heavy (non-hydrogen) atoms. The molecule has 88 valence electrons. The zero-order valence-corrected chi connectivity index (χ0v) is 9.77. The molecule has 2 heterocycles. The second-order valence-corrected chi connectivity index (χ2v) is 4.23. The quantitative estimate of drug-likeness (QED) is 0.828. The van der Waals surface area contributed by atoms with Crippen LogP contribution in [0.15, 0.2) is 27.6 Å². The van der Waals surface area contributed by atoms with Gasteiger partial charge in [-0.15, -0.1) is 22.0 Å². The van der Waals surface area contributed by atoms with Crippen molar-refractivity contribution in [1.82, 2.24) is 15.2 Å². The van der Waals surface area contributed by atoms with Gasteiger partial charge >= 0.3 is 5.97 Å². The van der Waals surface area contributed by atoms with E-state index in [0.29, 0.717) is 17.5 Å². The summed E-state index contributed by atoms with van der Waals surface area (Å²) >= 11 is 1.42. The lowest BCUT2D eigenvalue weighted by atomic mass is 10.3. The number of aromatic carboxylic acids is 1. The molecular formula is C10H9N3O3S. The number of carboxylic acids is 1. The molecule has 0 radical (unpaired) electrons. The molecule has 0 spiro atoms. The molecule has 0 aliphatic rings. The van der Waals surface area contributed by atoms with E-state index in [2.05, 4.69) is 15.2 Å². The van der Waals surface area contributed by atoms with E-state index in [1.807, 2.05) is 0 Å². The summed E-state index contributed by atoms with van der Waals surface area (Å²) in [5.74, 6) is 0.494. The Morgan fingerprint density at radius 2 is 2.35 bits per heavy atom. The summed E-state index contributed by atoms with van der Waals surface area (Å²) in [6, 6.07) is 3.25. The lowest BCUT2D eigenvalue weighted by molar-refractivity contribution is 0.0690. The minimum Gasteiger partial charge on any atom is -0.477 e. The van der Waals surface area contributed by atoms with Gasteiger partial charge < -0.3 is 9.52 Å². The van der Waals surface area contributed by atoms with Gasteiger partial charge in [0.15, 0.2) is 0 Å². The summed E-state index contributed by atoms with van der Waals surface area (Å²) in [5, 5.41) is 16.3. The van der Waals surface area contributed by atoms with Gasteiger partial charge in [0.1, 0.15) is 5.69 Å². The van der Waals surface area contributed by atoms with Crippen molar-refractivity contribution in [3.63, 3.8) is 0 Å². The Morgan fingerprint density at radius 3 is 3.00 bits per heavy atom. The lowest BCUT2D eigenvalue weighted by Gasteiger charge is -1.99. The van der Waals surface area contributed by atoms with E-state index < -0.39 is 5.97 Å². The van der Waals surface area contributed by atoms with Gasteiger partial charge in [0.2, 0.25) is 11.8 Å². The Kier molecular flexibility index (Phi) is 3.38. The van der Waals surface area contributed by atoms with Crippen LogP contribution in [-0.4, -0.2) is 26.3 Å². The summed E-state index contributed by atoms with van der Waals surface area (Å²) in [7, 11) is 0. The fourth-order valence-corrected chi connectivity index (χ4v) is 1.92. The fourth-order valence-electron chi connectivity index (χ4n) is 1.16. The number of hydrogen-bond acceptors (Lipinski definition) is 6. The Hall–Kier alpha value is -1.89. The summed E-state index contributed by atoms with van der Waals surface area (Å²) < 4.78 is 5.21. The summed E-state index contributed by atoms with van der Waals surface area (Å²) in [4.78, 5) is 15.3. The van der Waals surface area contributed by atoms with E-state index in [-0.39, 0.29) is 5.69 Å². The molecule has 0 bridgehead atoms. The third kappa shape index (κ3) is 3.04. The molecule has 0 saturated heterocycles. The van der Waals surface area contributed by atoms with Crippen molar-refractivity contribution in [3.05, 3.63) is 35.8 Å². The topological polar surface area (TPSA) is 89.1 Å². The minimum absolute atomic E-state index is 0.0247. The highest BCUT2D eigenvalue weighted by Gasteiger charge is 2.07. The summed E-state index contributed by atoms with van der Waals surface area (Å²) in [5.41, 5.74) is 0.0247. The summed E-state index contributed by atoms with van der Waals surface area (Å²) in [6.45, 7) is 1.72. The van der Waals surface area contributed by atoms with Crippen molar-refractivity contribution in [2.24, 2.45) is 0 Å². The first-order chi connectivity index (χ1) is 8.15. The molecule has 0 aromatic carbocycles. The summed E-state index contributed by atoms with van der Waals surface area (Å²) in [6.07, 6.45) is 1.46. The maximum Gasteiger partial charge on any atom is 0.354 e. The number of aryl methyl sites for hydroxylation is 1. The third-order valence-corrected chi connectivity index (χ3v) is 2.86. The number of carboxylic acid groups (broad SMARTS) is 1. The smallest absolute Gasteiger partial charge is 0.354 e. The van der Waals surface area contributed by atoms with Gasteiger partial charge in [-0.05, 0) is 12.1 Å². The van der Waals surface area contributed by atoms with E-state index >= 15 is 0 Å². The average molecular weight is 251 g/mol. The first-order valence-electron chi connectivity index (χ1n) is 4.76. The van der Waals surface area contributed by atoms with Crippen LogP contribution in [0.2, 0.25) is 0 Å². The molecule has 0 saturated carbocycles. The minimum atomic E-state index is -1.04. The molecule has 0 fully saturated rings. The van der Waals surface area contributed by atoms with Gasteiger partial charge in [-0.2, -0.15) is 0 Å². The van der Waals surface area contributed by atoms with Crippen molar-refractivity contribution in [2.75, 3.05) is 0 Å². The Balaban J connectivity index is 2.04. The molecule has 0 aliphatic heterocycles. The van der Waals surface area contributed by atoms with Crippen LogP contribution < -0.4 is 0 Å². The third-order valence-electron chi connectivity index (χ3n) is 1.88. The van der Waals surface area contributed by atoms with Crippen molar-refractivity contribution in [2.45, 2.75) is 17.6 Å². The number of thioether (sulfide) groups is 1. The van der Waals surface area contributed by atoms with Crippen molar-refractivity contribution >= 4 is 17.7 Å². The monoisotopic (exact) mass is 251 g/mol. The molecule has 2 aromatic heterocycles. The van der Waals surface area contributed by atoms with E-state index in [9.17, 15) is 4.79 Å². The molecule has 7 heteroatoms. The largest absolute Gasteiger partial charge is 0.477 e. The van der Waals surface area contributed by atoms with E-state index in [1.54, 1.807) is 13.0 Å². The van der Waals surface area contributed by atoms with Gasteiger partial charge in [0.05, 0.1) is 5.75 Å². The molecular weight excluding hydrogens is 242 g/mol. The Bertz CT molecular complexity index is 541. The van der Waals surface area contributed by atoms with Gasteiger partial charge in [-0.25, -0.2) is 9.78 Å². The van der Waals surface area contributed by atoms with Crippen LogP contribution in [0.25, 0.3) is 0 Å². The van der Waals surface area contributed by atoms with Gasteiger partial charge in [-0.1, -0.05) is 0 Å². The van der Waals surface area contributed by atoms with E-state index in [4.69, 9.17) is 9.52 Å². The standard InChI is InChI=1S/C10H9N3O3S/c1-6-12-13-9(16-6)5-17-7-2-3-11-8(4-7)10(14)15/h2-4H,5H2,1H3,(H,14,15). The average Bonchev–Trinajstić information content (AvgIpc) is 2.73. The second-order valence-electron chi connectivity index (χ2n) is 3.19. The van der Waals surface area contributed by atoms with Crippen LogP contribution in [-0.2, 0) is 5.75 Å². The Labute approximate surface area is 101 Å². The van der Waals surface area contributed by atoms with Gasteiger partial charge in [0, 0.05) is 18.0 Å². The lowest BCUT2D eigenvalue weighted by Crippen LogP contribution is -1.99. The first-order valence-corrected chi connectivity index (χ1v) is 5.75. The normalized spacial score (nSPS) is 10.4. The SMILES string of the molecule is Cc1nnc(CSc2ccnc(C(=O)O)c2)o1. The van der Waals surface area contributed by atoms with Crippen LogP contribution in [0.1, 0.15) is 22.3 Å². The number of pyridine rings is 1.